The van der Waals surface area contributed by atoms with E-state index >= 15 is 0 Å². The predicted molar refractivity (Wildman–Crippen MR) is 138 cm³/mol. The Morgan fingerprint density at radius 3 is 2.35 bits per heavy atom. The molecule has 0 saturated carbocycles. The zero-order chi connectivity index (χ0) is 23.9. The monoisotopic (exact) mass is 530 g/mol. The molecule has 7 nitrogen and oxygen atoms in total. The first-order valence-electron chi connectivity index (χ1n) is 10.5. The fourth-order valence-corrected chi connectivity index (χ4v) is 4.42. The molecule has 3 rings (SSSR count). The van der Waals surface area contributed by atoms with Crippen LogP contribution in [0.15, 0.2) is 29.8 Å². The maximum Gasteiger partial charge on any atom is 1.00 e. The normalized spacial score (nSPS) is 14.7. The van der Waals surface area contributed by atoms with E-state index in [1.54, 1.807) is 16.2 Å². The Bertz CT molecular complexity index is 938. The predicted octanol–water partition coefficient (Wildman–Crippen LogP) is 0.770. The Balaban J connectivity index is 0.00000168. The Morgan fingerprint density at radius 2 is 1.85 bits per heavy atom. The molecule has 0 radical (unpaired) electrons. The second-order valence-corrected chi connectivity index (χ2v) is 10.6. The maximum absolute atomic E-state index is 12.7. The number of benzene rings is 1. The van der Waals surface area contributed by atoms with Gasteiger partial charge in [-0.15, -0.1) is 11.3 Å². The number of hydrogen-bond donors (Lipinski definition) is 3. The van der Waals surface area contributed by atoms with E-state index in [2.05, 4.69) is 40.8 Å². The minimum absolute atomic E-state index is 0. The molecule has 1 aliphatic rings. The van der Waals surface area contributed by atoms with Gasteiger partial charge in [-0.25, -0.2) is 4.98 Å². The van der Waals surface area contributed by atoms with Crippen LogP contribution in [-0.2, 0) is 20.9 Å². The number of carbonyl (C=O) groups is 3. The summed E-state index contributed by atoms with van der Waals surface area (Å²) in [6, 6.07) is 7.79. The molecule has 1 aromatic carbocycles. The fraction of sp³-hybridized carbons (Fsp3) is 0.458. The van der Waals surface area contributed by atoms with Crippen LogP contribution in [0.5, 0.6) is 0 Å². The van der Waals surface area contributed by atoms with Gasteiger partial charge in [-0.1, -0.05) is 38.1 Å². The van der Waals surface area contributed by atoms with E-state index in [0.29, 0.717) is 25.9 Å². The summed E-state index contributed by atoms with van der Waals surface area (Å²) in [7, 11) is 0. The summed E-state index contributed by atoms with van der Waals surface area (Å²) in [5.74, 6) is -0.410. The fourth-order valence-electron chi connectivity index (χ4n) is 3.47. The van der Waals surface area contributed by atoms with Gasteiger partial charge in [0.1, 0.15) is 6.04 Å². The summed E-state index contributed by atoms with van der Waals surface area (Å²) in [6.07, 6.45) is 1.91. The molecule has 182 valence electrons. The van der Waals surface area contributed by atoms with Crippen LogP contribution >= 0.6 is 24.0 Å². The molecule has 1 fully saturated rings. The number of carbonyl (C=O) groups excluding carboxylic acids is 3. The van der Waals surface area contributed by atoms with Crippen LogP contribution in [0.3, 0.4) is 0 Å². The number of thiol groups is 1. The van der Waals surface area contributed by atoms with Crippen LogP contribution in [-0.4, -0.2) is 44.9 Å². The van der Waals surface area contributed by atoms with Crippen molar-refractivity contribution in [2.75, 3.05) is 6.54 Å². The summed E-state index contributed by atoms with van der Waals surface area (Å²) >= 11 is 6.07. The minimum atomic E-state index is -0.376. The van der Waals surface area contributed by atoms with Crippen LogP contribution in [0, 0.1) is 14.4 Å². The molecule has 0 aliphatic carbocycles. The van der Waals surface area contributed by atoms with Crippen molar-refractivity contribution < 1.29 is 65.8 Å². The second kappa shape index (κ2) is 15.4. The maximum atomic E-state index is 12.7. The number of likely N-dealkylation sites (tertiary alicyclic amines) is 1. The summed E-state index contributed by atoms with van der Waals surface area (Å²) in [5, 5.41) is 2.99. The van der Waals surface area contributed by atoms with Crippen LogP contribution < -0.4 is 62.4 Å². The molecule has 0 bridgehead atoms. The van der Waals surface area contributed by atoms with Gasteiger partial charge in [0.05, 0.1) is 16.1 Å². The molecule has 0 spiro atoms. The number of hydrogen-bond acceptors (Lipinski definition) is 6. The minimum Gasteiger partial charge on any atom is -0.370 e. The first-order chi connectivity index (χ1) is 15.0. The Labute approximate surface area is 255 Å². The number of nitrogens with zero attached hydrogens (tertiary/aromatic N) is 2. The summed E-state index contributed by atoms with van der Waals surface area (Å²) in [5.41, 5.74) is 9.52. The number of amides is 3. The van der Waals surface area contributed by atoms with Crippen molar-refractivity contribution >= 4 is 41.7 Å². The Hall–Kier alpha value is -0.754. The van der Waals surface area contributed by atoms with Gasteiger partial charge in [-0.3, -0.25) is 14.4 Å². The van der Waals surface area contributed by atoms with Gasteiger partial charge in [-0.05, 0) is 30.9 Å². The zero-order valence-electron chi connectivity index (χ0n) is 21.1. The third-order valence-corrected chi connectivity index (χ3v) is 6.02. The van der Waals surface area contributed by atoms with Crippen LogP contribution in [0.1, 0.15) is 51.3 Å². The molecular formula is C24H35KN4O3S2. The third kappa shape index (κ3) is 10.9. The molecule has 2 aromatic rings. The molecule has 2 heterocycles. The van der Waals surface area contributed by atoms with Crippen LogP contribution in [0.4, 0.5) is 0 Å². The van der Waals surface area contributed by atoms with Gasteiger partial charge in [0.25, 0.3) is 0 Å². The Morgan fingerprint density at radius 1 is 1.26 bits per heavy atom. The van der Waals surface area contributed by atoms with Crippen molar-refractivity contribution in [3.8, 4) is 10.4 Å². The topological polar surface area (TPSA) is 105 Å². The molecular weight excluding hydrogens is 496 g/mol. The van der Waals surface area contributed by atoms with E-state index in [1.807, 2.05) is 38.4 Å². The molecule has 3 N–H and O–H groups in total. The number of nitrogens with one attached hydrogen (secondary N) is 1. The molecule has 1 aliphatic heterocycles. The standard InChI is InChI=1S/C21H27N3O2S2.C2H5NO.CH3.K/c1-14-19(28-13-23-14)16-8-6-15(7-9-16)12-22-20(26)17-5-4-10-24(17)18(25)11-21(2,3)27;1-2(3)4;;/h6-9,13,17,27H,4-5,10-12H2,1-3H3,(H,22,26);1H3,(H2,3,4);1H3;/q;;-1;+1. The first kappa shape index (κ1) is 33.2. The van der Waals surface area contributed by atoms with E-state index in [4.69, 9.17) is 0 Å². The molecule has 34 heavy (non-hydrogen) atoms. The number of nitrogens with two attached hydrogens (primary N) is 1. The van der Waals surface area contributed by atoms with E-state index in [0.717, 1.165) is 23.2 Å². The van der Waals surface area contributed by atoms with Crippen molar-refractivity contribution in [2.24, 2.45) is 5.73 Å². The number of aromatic nitrogens is 1. The molecule has 1 saturated heterocycles. The molecule has 3 amide bonds. The first-order valence-corrected chi connectivity index (χ1v) is 11.9. The van der Waals surface area contributed by atoms with Crippen LogP contribution in [0.25, 0.3) is 10.4 Å². The summed E-state index contributed by atoms with van der Waals surface area (Å²) in [6.45, 7) is 8.23. The number of aryl methyl sites for hydroxylation is 1. The number of thiazole rings is 1. The average Bonchev–Trinajstić information content (AvgIpc) is 3.34. The zero-order valence-corrected chi connectivity index (χ0v) is 25.9. The number of primary amides is 1. The van der Waals surface area contributed by atoms with E-state index < -0.39 is 0 Å². The van der Waals surface area contributed by atoms with Crippen LogP contribution in [0.2, 0.25) is 0 Å². The SMILES string of the molecule is CC(N)=O.Cc1ncsc1-c1ccc(CNC(=O)C2CCCN2C(=O)CC(C)(C)S)cc1.[CH3-].[K+]. The smallest absolute Gasteiger partial charge is 0.370 e. The van der Waals surface area contributed by atoms with E-state index in [1.165, 1.54) is 11.8 Å². The summed E-state index contributed by atoms with van der Waals surface area (Å²) < 4.78 is -0.376. The van der Waals surface area contributed by atoms with Gasteiger partial charge < -0.3 is 23.4 Å². The van der Waals surface area contributed by atoms with Gasteiger partial charge in [-0.2, -0.15) is 12.6 Å². The molecule has 1 atom stereocenters. The van der Waals surface area contributed by atoms with Crippen molar-refractivity contribution in [3.63, 3.8) is 0 Å². The average molecular weight is 531 g/mol. The van der Waals surface area contributed by atoms with E-state index in [-0.39, 0.29) is 87.3 Å². The van der Waals surface area contributed by atoms with Crippen molar-refractivity contribution in [3.05, 3.63) is 48.5 Å². The van der Waals surface area contributed by atoms with Crippen molar-refractivity contribution in [1.29, 1.82) is 0 Å². The molecule has 1 aromatic heterocycles. The van der Waals surface area contributed by atoms with Gasteiger partial charge in [0.15, 0.2) is 0 Å². The molecule has 10 heteroatoms. The largest absolute Gasteiger partial charge is 1.00 e. The van der Waals surface area contributed by atoms with E-state index in [9.17, 15) is 14.4 Å². The van der Waals surface area contributed by atoms with Gasteiger partial charge in [0.2, 0.25) is 17.7 Å². The number of rotatable bonds is 6. The summed E-state index contributed by atoms with van der Waals surface area (Å²) in [4.78, 5) is 41.6. The molecule has 1 unspecified atom stereocenters. The second-order valence-electron chi connectivity index (χ2n) is 8.53. The van der Waals surface area contributed by atoms with Gasteiger partial charge in [0, 0.05) is 31.2 Å². The Kier molecular flexibility index (Phi) is 15.0. The van der Waals surface area contributed by atoms with Crippen molar-refractivity contribution in [2.45, 2.75) is 64.3 Å². The van der Waals surface area contributed by atoms with Gasteiger partial charge >= 0.3 is 51.4 Å². The third-order valence-electron chi connectivity index (χ3n) is 4.89. The van der Waals surface area contributed by atoms with Crippen molar-refractivity contribution in [1.82, 2.24) is 15.2 Å². The quantitative estimate of drug-likeness (QED) is 0.291.